The zero-order valence-corrected chi connectivity index (χ0v) is 16.1. The number of benzene rings is 2. The average molecular weight is 336 g/mol. The van der Waals surface area contributed by atoms with Gasteiger partial charge in [-0.15, -0.1) is 0 Å². The maximum atomic E-state index is 9.57. The van der Waals surface area contributed by atoms with Gasteiger partial charge in [-0.2, -0.15) is 0 Å². The van der Waals surface area contributed by atoms with Gasteiger partial charge in [0.05, 0.1) is 0 Å². The normalized spacial score (nSPS) is 20.8. The summed E-state index contributed by atoms with van der Waals surface area (Å²) in [7, 11) is 0. The molecule has 3 rings (SSSR count). The van der Waals surface area contributed by atoms with Gasteiger partial charge in [0, 0.05) is 24.5 Å². The lowest BCUT2D eigenvalue weighted by molar-refractivity contribution is -0.503. The molecule has 0 amide bonds. The van der Waals surface area contributed by atoms with E-state index in [0.717, 1.165) is 6.42 Å². The van der Waals surface area contributed by atoms with Crippen LogP contribution in [0.3, 0.4) is 0 Å². The second-order valence-corrected chi connectivity index (χ2v) is 8.15. The average Bonchev–Trinajstić information content (AvgIpc) is 2.56. The van der Waals surface area contributed by atoms with Gasteiger partial charge in [0.15, 0.2) is 18.5 Å². The Labute approximate surface area is 151 Å². The van der Waals surface area contributed by atoms with Crippen LogP contribution in [-0.2, 0) is 5.41 Å². The fourth-order valence-electron chi connectivity index (χ4n) is 4.22. The lowest BCUT2D eigenvalue weighted by atomic mass is 9.76. The minimum Gasteiger partial charge on any atom is -0.396 e. The molecule has 1 aliphatic heterocycles. The van der Waals surface area contributed by atoms with E-state index in [1.54, 1.807) is 0 Å². The summed E-state index contributed by atoms with van der Waals surface area (Å²) >= 11 is 0. The number of aliphatic hydroxyl groups is 1. The van der Waals surface area contributed by atoms with Crippen LogP contribution >= 0.6 is 0 Å². The van der Waals surface area contributed by atoms with E-state index >= 15 is 0 Å². The highest BCUT2D eigenvalue weighted by Gasteiger charge is 2.35. The standard InChI is InChI=1S/C23H30NO/c1-6-12-24-15-17-14-20(23(3,4)5)18-9-7-8-10-19(18)22(17)16(2)21(24)11-13-25/h6-10,12,14-16,21,25H,11,13H2,1-5H3/q+1/b12-6-. The van der Waals surface area contributed by atoms with Crippen LogP contribution in [0.25, 0.3) is 10.8 Å². The molecule has 2 atom stereocenters. The number of rotatable bonds is 3. The lowest BCUT2D eigenvalue weighted by Gasteiger charge is -2.30. The minimum absolute atomic E-state index is 0.0963. The molecule has 0 aromatic heterocycles. The quantitative estimate of drug-likeness (QED) is 0.786. The molecular weight excluding hydrogens is 306 g/mol. The second kappa shape index (κ2) is 6.76. The molecular formula is C23H30NO+. The smallest absolute Gasteiger partial charge is 0.176 e. The Morgan fingerprint density at radius 2 is 1.84 bits per heavy atom. The molecule has 25 heavy (non-hydrogen) atoms. The number of aliphatic hydroxyl groups excluding tert-OH is 1. The molecule has 0 aliphatic carbocycles. The van der Waals surface area contributed by atoms with Gasteiger partial charge in [-0.1, -0.05) is 52.0 Å². The summed E-state index contributed by atoms with van der Waals surface area (Å²) in [4.78, 5) is 0. The lowest BCUT2D eigenvalue weighted by Crippen LogP contribution is -2.34. The first-order valence-electron chi connectivity index (χ1n) is 9.30. The van der Waals surface area contributed by atoms with Crippen molar-refractivity contribution in [3.63, 3.8) is 0 Å². The molecule has 2 unspecified atom stereocenters. The van der Waals surface area contributed by atoms with E-state index in [9.17, 15) is 5.11 Å². The number of hydrogen-bond acceptors (Lipinski definition) is 1. The molecule has 2 aromatic carbocycles. The van der Waals surface area contributed by atoms with Crippen molar-refractivity contribution in [3.05, 3.63) is 59.3 Å². The molecule has 2 nitrogen and oxygen atoms in total. The van der Waals surface area contributed by atoms with E-state index in [1.807, 2.05) is 6.92 Å². The Morgan fingerprint density at radius 1 is 1.16 bits per heavy atom. The van der Waals surface area contributed by atoms with Crippen molar-refractivity contribution < 1.29 is 9.68 Å². The number of fused-ring (bicyclic) bond motifs is 3. The van der Waals surface area contributed by atoms with Crippen molar-refractivity contribution in [1.29, 1.82) is 0 Å². The summed E-state index contributed by atoms with van der Waals surface area (Å²) in [5.74, 6) is 0.363. The summed E-state index contributed by atoms with van der Waals surface area (Å²) in [6, 6.07) is 11.5. The van der Waals surface area contributed by atoms with Crippen molar-refractivity contribution in [1.82, 2.24) is 0 Å². The molecule has 1 N–H and O–H groups in total. The maximum Gasteiger partial charge on any atom is 0.176 e. The molecule has 0 spiro atoms. The summed E-state index contributed by atoms with van der Waals surface area (Å²) in [5, 5.41) is 12.3. The van der Waals surface area contributed by atoms with Gasteiger partial charge in [-0.3, -0.25) is 0 Å². The summed E-state index contributed by atoms with van der Waals surface area (Å²) < 4.78 is 2.28. The van der Waals surface area contributed by atoms with Gasteiger partial charge in [0.2, 0.25) is 0 Å². The molecule has 1 aliphatic rings. The number of nitrogens with zero attached hydrogens (tertiary/aromatic N) is 1. The SMILES string of the molecule is C/C=C\[N+]1=Cc2cc(C(C)(C)C)c3ccccc3c2C(C)C1CCO. The van der Waals surface area contributed by atoms with Crippen LogP contribution in [0.15, 0.2) is 42.6 Å². The Balaban J connectivity index is 2.34. The van der Waals surface area contributed by atoms with Crippen molar-refractivity contribution >= 4 is 17.0 Å². The Kier molecular flexibility index (Phi) is 4.83. The molecule has 2 aromatic rings. The zero-order chi connectivity index (χ0) is 18.2. The van der Waals surface area contributed by atoms with Crippen LogP contribution in [0.5, 0.6) is 0 Å². The largest absolute Gasteiger partial charge is 0.396 e. The van der Waals surface area contributed by atoms with Crippen LogP contribution in [-0.4, -0.2) is 28.5 Å². The van der Waals surface area contributed by atoms with Crippen molar-refractivity contribution in [2.75, 3.05) is 6.61 Å². The molecule has 0 radical (unpaired) electrons. The highest BCUT2D eigenvalue weighted by molar-refractivity contribution is 5.97. The predicted octanol–water partition coefficient (Wildman–Crippen LogP) is 4.97. The fraction of sp³-hybridized carbons (Fsp3) is 0.435. The summed E-state index contributed by atoms with van der Waals surface area (Å²) in [6.07, 6.45) is 7.24. The second-order valence-electron chi connectivity index (χ2n) is 8.15. The van der Waals surface area contributed by atoms with E-state index < -0.39 is 0 Å². The van der Waals surface area contributed by atoms with E-state index in [-0.39, 0.29) is 18.1 Å². The van der Waals surface area contributed by atoms with E-state index in [1.165, 1.54) is 27.5 Å². The van der Waals surface area contributed by atoms with Gasteiger partial charge in [0.1, 0.15) is 0 Å². The van der Waals surface area contributed by atoms with Gasteiger partial charge in [0.25, 0.3) is 0 Å². The van der Waals surface area contributed by atoms with Crippen molar-refractivity contribution in [2.45, 2.75) is 58.4 Å². The van der Waals surface area contributed by atoms with Crippen LogP contribution in [0.1, 0.15) is 63.6 Å². The first kappa shape index (κ1) is 17.9. The molecule has 0 saturated heterocycles. The Bertz CT molecular complexity index is 839. The van der Waals surface area contributed by atoms with Crippen LogP contribution < -0.4 is 0 Å². The topological polar surface area (TPSA) is 23.2 Å². The molecule has 0 saturated carbocycles. The fourth-order valence-corrected chi connectivity index (χ4v) is 4.22. The van der Waals surface area contributed by atoms with Gasteiger partial charge in [-0.05, 0) is 46.4 Å². The summed E-state index contributed by atoms with van der Waals surface area (Å²) in [6.45, 7) is 11.4. The van der Waals surface area contributed by atoms with Crippen LogP contribution in [0.2, 0.25) is 0 Å². The Morgan fingerprint density at radius 3 is 2.44 bits per heavy atom. The van der Waals surface area contributed by atoms with Crippen molar-refractivity contribution in [3.8, 4) is 0 Å². The Hall–Kier alpha value is -1.93. The van der Waals surface area contributed by atoms with E-state index in [0.29, 0.717) is 5.92 Å². The highest BCUT2D eigenvalue weighted by Crippen LogP contribution is 2.40. The van der Waals surface area contributed by atoms with Crippen molar-refractivity contribution in [2.24, 2.45) is 0 Å². The molecule has 2 heteroatoms. The minimum atomic E-state index is 0.0963. The van der Waals surface area contributed by atoms with Crippen LogP contribution in [0, 0.1) is 0 Å². The third-order valence-electron chi connectivity index (χ3n) is 5.38. The van der Waals surface area contributed by atoms with Gasteiger partial charge < -0.3 is 5.11 Å². The third kappa shape index (κ3) is 3.16. The molecule has 0 bridgehead atoms. The first-order valence-corrected chi connectivity index (χ1v) is 9.30. The molecule has 132 valence electrons. The third-order valence-corrected chi connectivity index (χ3v) is 5.38. The highest BCUT2D eigenvalue weighted by atomic mass is 16.3. The van der Waals surface area contributed by atoms with Gasteiger partial charge >= 0.3 is 0 Å². The zero-order valence-electron chi connectivity index (χ0n) is 16.1. The van der Waals surface area contributed by atoms with Crippen LogP contribution in [0.4, 0.5) is 0 Å². The predicted molar refractivity (Wildman–Crippen MR) is 107 cm³/mol. The summed E-state index contributed by atoms with van der Waals surface area (Å²) in [5.41, 5.74) is 4.22. The van der Waals surface area contributed by atoms with E-state index in [4.69, 9.17) is 0 Å². The maximum absolute atomic E-state index is 9.57. The number of allylic oxidation sites excluding steroid dienone is 1. The first-order chi connectivity index (χ1) is 11.9. The van der Waals surface area contributed by atoms with E-state index in [2.05, 4.69) is 81.1 Å². The molecule has 0 fully saturated rings. The molecule has 1 heterocycles. The number of hydrogen-bond donors (Lipinski definition) is 1. The monoisotopic (exact) mass is 336 g/mol. The van der Waals surface area contributed by atoms with Gasteiger partial charge in [-0.25, -0.2) is 4.58 Å².